The number of benzene rings is 1. The number of aldehydes is 1. The summed E-state index contributed by atoms with van der Waals surface area (Å²) < 4.78 is 0. The summed E-state index contributed by atoms with van der Waals surface area (Å²) in [5, 5.41) is 0.576. The van der Waals surface area contributed by atoms with Crippen molar-refractivity contribution in [2.45, 2.75) is 10.3 Å². The third-order valence-corrected chi connectivity index (χ3v) is 3.61. The van der Waals surface area contributed by atoms with Crippen LogP contribution in [0.5, 0.6) is 0 Å². The zero-order valence-corrected chi connectivity index (χ0v) is 8.60. The number of anilines is 1. The number of halogens is 1. The van der Waals surface area contributed by atoms with Crippen LogP contribution in [0.2, 0.25) is 5.02 Å². The average Bonchev–Trinajstić information content (AvgIpc) is 2.44. The topological polar surface area (TPSA) is 20.3 Å². The van der Waals surface area contributed by atoms with Gasteiger partial charge in [0.25, 0.3) is 0 Å². The largest absolute Gasteiger partial charge is 0.354 e. The van der Waals surface area contributed by atoms with E-state index in [0.717, 1.165) is 16.9 Å². The van der Waals surface area contributed by atoms with Gasteiger partial charge in [-0.05, 0) is 12.1 Å². The Morgan fingerprint density at radius 2 is 2.38 bits per heavy atom. The van der Waals surface area contributed by atoms with Crippen LogP contribution in [0.25, 0.3) is 0 Å². The van der Waals surface area contributed by atoms with Crippen molar-refractivity contribution in [3.05, 3.63) is 23.2 Å². The standard InChI is InChI=1S/C9H8ClNOS/c1-11-8(5-12)13-7-4-2-3-6(10)9(7)11/h2-5,8H,1H3. The number of rotatable bonds is 1. The van der Waals surface area contributed by atoms with Gasteiger partial charge in [-0.3, -0.25) is 0 Å². The first-order valence-electron chi connectivity index (χ1n) is 3.87. The number of carbonyl (C=O) groups excluding carboxylic acids is 1. The first-order chi connectivity index (χ1) is 6.24. The van der Waals surface area contributed by atoms with E-state index in [-0.39, 0.29) is 5.37 Å². The Morgan fingerprint density at radius 3 is 3.00 bits per heavy atom. The second-order valence-electron chi connectivity index (χ2n) is 2.84. The Hall–Kier alpha value is -0.670. The van der Waals surface area contributed by atoms with E-state index in [9.17, 15) is 4.79 Å². The van der Waals surface area contributed by atoms with Crippen LogP contribution in [0.15, 0.2) is 23.1 Å². The Kier molecular flexibility index (Phi) is 2.22. The lowest BCUT2D eigenvalue weighted by atomic mass is 10.3. The number of thioether (sulfide) groups is 1. The molecule has 0 bridgehead atoms. The molecule has 0 spiro atoms. The first kappa shape index (κ1) is 8.91. The highest BCUT2D eigenvalue weighted by Crippen LogP contribution is 2.45. The van der Waals surface area contributed by atoms with E-state index in [1.54, 1.807) is 0 Å². The molecule has 4 heteroatoms. The minimum Gasteiger partial charge on any atom is -0.354 e. The van der Waals surface area contributed by atoms with Crippen LogP contribution in [0.3, 0.4) is 0 Å². The highest BCUT2D eigenvalue weighted by atomic mass is 35.5. The number of nitrogens with zero attached hydrogens (tertiary/aromatic N) is 1. The third-order valence-electron chi connectivity index (χ3n) is 2.05. The molecule has 1 heterocycles. The SMILES string of the molecule is CN1c2c(Cl)cccc2SC1C=O. The smallest absolute Gasteiger partial charge is 0.153 e. The Balaban J connectivity index is 2.50. The lowest BCUT2D eigenvalue weighted by molar-refractivity contribution is -0.107. The summed E-state index contributed by atoms with van der Waals surface area (Å²) in [6, 6.07) is 5.71. The van der Waals surface area contributed by atoms with E-state index in [1.165, 1.54) is 11.8 Å². The van der Waals surface area contributed by atoms with E-state index < -0.39 is 0 Å². The van der Waals surface area contributed by atoms with Gasteiger partial charge in [-0.15, -0.1) is 0 Å². The summed E-state index contributed by atoms with van der Waals surface area (Å²) in [5.41, 5.74) is 0.964. The first-order valence-corrected chi connectivity index (χ1v) is 5.13. The van der Waals surface area contributed by atoms with Crippen LogP contribution in [-0.4, -0.2) is 18.7 Å². The summed E-state index contributed by atoms with van der Waals surface area (Å²) in [6.45, 7) is 0. The monoisotopic (exact) mass is 213 g/mol. The zero-order chi connectivity index (χ0) is 9.42. The molecule has 13 heavy (non-hydrogen) atoms. The average molecular weight is 214 g/mol. The molecule has 0 aliphatic carbocycles. The van der Waals surface area contributed by atoms with Gasteiger partial charge in [0.05, 0.1) is 10.7 Å². The van der Waals surface area contributed by atoms with E-state index in [1.807, 2.05) is 30.1 Å². The molecule has 1 unspecified atom stereocenters. The van der Waals surface area contributed by atoms with E-state index in [2.05, 4.69) is 0 Å². The van der Waals surface area contributed by atoms with Gasteiger partial charge in [-0.2, -0.15) is 0 Å². The molecule has 2 nitrogen and oxygen atoms in total. The molecule has 1 atom stereocenters. The lowest BCUT2D eigenvalue weighted by Gasteiger charge is -2.16. The normalized spacial score (nSPS) is 20.2. The quantitative estimate of drug-likeness (QED) is 0.669. The molecule has 1 aromatic rings. The van der Waals surface area contributed by atoms with Crippen molar-refractivity contribution < 1.29 is 4.79 Å². The summed E-state index contributed by atoms with van der Waals surface area (Å²) in [6.07, 6.45) is 0.932. The van der Waals surface area contributed by atoms with Gasteiger partial charge in [0, 0.05) is 11.9 Å². The van der Waals surface area contributed by atoms with E-state index in [0.29, 0.717) is 5.02 Å². The fourth-order valence-electron chi connectivity index (χ4n) is 1.39. The fraction of sp³-hybridized carbons (Fsp3) is 0.222. The molecule has 2 rings (SSSR count). The van der Waals surface area contributed by atoms with Gasteiger partial charge in [-0.25, -0.2) is 0 Å². The molecule has 68 valence electrons. The van der Waals surface area contributed by atoms with Crippen molar-refractivity contribution in [2.24, 2.45) is 0 Å². The van der Waals surface area contributed by atoms with Crippen LogP contribution in [-0.2, 0) is 4.79 Å². The van der Waals surface area contributed by atoms with Gasteiger partial charge in [0.15, 0.2) is 6.29 Å². The number of hydrogen-bond donors (Lipinski definition) is 0. The zero-order valence-electron chi connectivity index (χ0n) is 7.03. The number of likely N-dealkylation sites (N-methyl/N-ethyl adjacent to an activating group) is 1. The van der Waals surface area contributed by atoms with E-state index >= 15 is 0 Å². The van der Waals surface area contributed by atoms with E-state index in [4.69, 9.17) is 11.6 Å². The third kappa shape index (κ3) is 1.32. The number of carbonyl (C=O) groups is 1. The minimum absolute atomic E-state index is 0.130. The molecular formula is C9H8ClNOS. The predicted molar refractivity (Wildman–Crippen MR) is 55.6 cm³/mol. The molecule has 1 aromatic carbocycles. The second-order valence-corrected chi connectivity index (χ2v) is 4.41. The van der Waals surface area contributed by atoms with Gasteiger partial charge >= 0.3 is 0 Å². The molecule has 1 aliphatic heterocycles. The molecule has 0 saturated heterocycles. The molecular weight excluding hydrogens is 206 g/mol. The summed E-state index contributed by atoms with van der Waals surface area (Å²) in [5.74, 6) is 0. The van der Waals surface area contributed by atoms with Crippen molar-refractivity contribution in [1.29, 1.82) is 0 Å². The van der Waals surface area contributed by atoms with Crippen LogP contribution >= 0.6 is 23.4 Å². The van der Waals surface area contributed by atoms with Crippen molar-refractivity contribution in [3.8, 4) is 0 Å². The maximum atomic E-state index is 10.7. The lowest BCUT2D eigenvalue weighted by Crippen LogP contribution is -2.25. The molecule has 0 aromatic heterocycles. The Morgan fingerprint density at radius 1 is 1.62 bits per heavy atom. The number of hydrogen-bond acceptors (Lipinski definition) is 3. The van der Waals surface area contributed by atoms with Crippen LogP contribution in [0.1, 0.15) is 0 Å². The summed E-state index contributed by atoms with van der Waals surface area (Å²) >= 11 is 7.55. The fourth-order valence-corrected chi connectivity index (χ4v) is 2.85. The van der Waals surface area contributed by atoms with Gasteiger partial charge in [0.2, 0.25) is 0 Å². The number of fused-ring (bicyclic) bond motifs is 1. The predicted octanol–water partition coefficient (Wildman–Crippen LogP) is 2.41. The Labute approximate surface area is 85.9 Å². The molecule has 0 fully saturated rings. The van der Waals surface area contributed by atoms with Crippen molar-refractivity contribution in [2.75, 3.05) is 11.9 Å². The Bertz CT molecular complexity index is 355. The highest BCUT2D eigenvalue weighted by molar-refractivity contribution is 8.01. The van der Waals surface area contributed by atoms with Gasteiger partial charge in [0.1, 0.15) is 5.37 Å². The summed E-state index contributed by atoms with van der Waals surface area (Å²) in [4.78, 5) is 13.7. The van der Waals surface area contributed by atoms with Crippen molar-refractivity contribution in [3.63, 3.8) is 0 Å². The second kappa shape index (κ2) is 3.24. The van der Waals surface area contributed by atoms with Crippen molar-refractivity contribution >= 4 is 35.3 Å². The van der Waals surface area contributed by atoms with Gasteiger partial charge in [-0.1, -0.05) is 29.4 Å². The molecule has 0 saturated carbocycles. The van der Waals surface area contributed by atoms with Gasteiger partial charge < -0.3 is 9.69 Å². The molecule has 0 radical (unpaired) electrons. The molecule has 0 amide bonds. The van der Waals surface area contributed by atoms with Crippen LogP contribution < -0.4 is 4.90 Å². The highest BCUT2D eigenvalue weighted by Gasteiger charge is 2.28. The maximum Gasteiger partial charge on any atom is 0.153 e. The van der Waals surface area contributed by atoms with Crippen molar-refractivity contribution in [1.82, 2.24) is 0 Å². The minimum atomic E-state index is -0.130. The maximum absolute atomic E-state index is 10.7. The van der Waals surface area contributed by atoms with Crippen LogP contribution in [0, 0.1) is 0 Å². The number of para-hydroxylation sites is 1. The van der Waals surface area contributed by atoms with Crippen LogP contribution in [0.4, 0.5) is 5.69 Å². The molecule has 1 aliphatic rings. The summed E-state index contributed by atoms with van der Waals surface area (Å²) in [7, 11) is 1.88. The molecule has 0 N–H and O–H groups in total.